The maximum Gasteiger partial charge on any atom is 0.338 e. The highest BCUT2D eigenvalue weighted by Gasteiger charge is 2.07. The van der Waals surface area contributed by atoms with Gasteiger partial charge in [0.25, 0.3) is 0 Å². The molecule has 0 unspecified atom stereocenters. The van der Waals surface area contributed by atoms with E-state index in [2.05, 4.69) is 16.8 Å². The number of carboxylic acid groups (broad SMARTS) is 1. The minimum atomic E-state index is -1.03. The quantitative estimate of drug-likeness (QED) is 0.594. The summed E-state index contributed by atoms with van der Waals surface area (Å²) >= 11 is 0. The lowest BCUT2D eigenvalue weighted by molar-refractivity contribution is 0.0696. The number of aromatic carboxylic acids is 1. The van der Waals surface area contributed by atoms with Crippen molar-refractivity contribution >= 4 is 5.97 Å². The van der Waals surface area contributed by atoms with Crippen LogP contribution < -0.4 is 5.73 Å². The van der Waals surface area contributed by atoms with E-state index >= 15 is 0 Å². The zero-order chi connectivity index (χ0) is 9.68. The van der Waals surface area contributed by atoms with Gasteiger partial charge in [0.1, 0.15) is 5.69 Å². The highest BCUT2D eigenvalue weighted by Crippen LogP contribution is 2.02. The van der Waals surface area contributed by atoms with Gasteiger partial charge in [-0.2, -0.15) is 0 Å². The number of nitrogens with two attached hydrogens (primary N) is 1. The van der Waals surface area contributed by atoms with E-state index in [9.17, 15) is 4.79 Å². The molecule has 0 aliphatic rings. The lowest BCUT2D eigenvalue weighted by Gasteiger charge is -1.95. The Morgan fingerprint density at radius 2 is 2.46 bits per heavy atom. The molecule has 0 bridgehead atoms. The topological polar surface area (TPSA) is 76.2 Å². The van der Waals surface area contributed by atoms with Gasteiger partial charge in [-0.15, -0.1) is 0 Å². The van der Waals surface area contributed by atoms with Crippen molar-refractivity contribution in [2.45, 2.75) is 0 Å². The fourth-order valence-electron chi connectivity index (χ4n) is 0.812. The number of hydrogen-bond acceptors (Lipinski definition) is 3. The van der Waals surface area contributed by atoms with Gasteiger partial charge in [-0.1, -0.05) is 5.92 Å². The van der Waals surface area contributed by atoms with Crippen LogP contribution >= 0.6 is 0 Å². The molecule has 4 nitrogen and oxygen atoms in total. The van der Waals surface area contributed by atoms with Crippen molar-refractivity contribution in [2.24, 2.45) is 5.73 Å². The van der Waals surface area contributed by atoms with E-state index in [1.165, 1.54) is 12.3 Å². The standard InChI is InChI=1S/C9H8N2O2/c10-5-1-4-8-7(9(12)13)3-2-6-11-8/h2-3,6H,5,10H2,(H,12,13). The fraction of sp³-hybridized carbons (Fsp3) is 0.111. The van der Waals surface area contributed by atoms with Crippen LogP contribution in [0.4, 0.5) is 0 Å². The smallest absolute Gasteiger partial charge is 0.338 e. The summed E-state index contributed by atoms with van der Waals surface area (Å²) in [4.78, 5) is 14.5. The van der Waals surface area contributed by atoms with Crippen LogP contribution in [0.15, 0.2) is 18.3 Å². The monoisotopic (exact) mass is 176 g/mol. The molecule has 1 aromatic heterocycles. The molecular formula is C9H8N2O2. The zero-order valence-corrected chi connectivity index (χ0v) is 6.82. The molecule has 0 saturated carbocycles. The summed E-state index contributed by atoms with van der Waals surface area (Å²) in [5, 5.41) is 8.73. The molecule has 1 rings (SSSR count). The molecule has 0 aliphatic carbocycles. The number of rotatable bonds is 1. The Balaban J connectivity index is 3.12. The van der Waals surface area contributed by atoms with Crippen LogP contribution in [0.3, 0.4) is 0 Å². The number of carbonyl (C=O) groups is 1. The molecule has 1 aromatic rings. The van der Waals surface area contributed by atoms with E-state index in [4.69, 9.17) is 10.8 Å². The molecule has 0 spiro atoms. The highest BCUT2D eigenvalue weighted by molar-refractivity contribution is 5.89. The van der Waals surface area contributed by atoms with Gasteiger partial charge in [0, 0.05) is 6.20 Å². The lowest BCUT2D eigenvalue weighted by Crippen LogP contribution is -2.02. The SMILES string of the molecule is NCC#Cc1ncccc1C(=O)O. The third-order valence-electron chi connectivity index (χ3n) is 1.35. The normalized spacial score (nSPS) is 8.69. The number of hydrogen-bond donors (Lipinski definition) is 2. The van der Waals surface area contributed by atoms with Crippen molar-refractivity contribution in [2.75, 3.05) is 6.54 Å². The van der Waals surface area contributed by atoms with E-state index in [0.29, 0.717) is 0 Å². The Hall–Kier alpha value is -1.86. The first-order chi connectivity index (χ1) is 6.25. The third-order valence-corrected chi connectivity index (χ3v) is 1.35. The van der Waals surface area contributed by atoms with Crippen LogP contribution in [-0.2, 0) is 0 Å². The first kappa shape index (κ1) is 9.23. The summed E-state index contributed by atoms with van der Waals surface area (Å²) in [6.45, 7) is 0.190. The molecule has 0 atom stereocenters. The fourth-order valence-corrected chi connectivity index (χ4v) is 0.812. The lowest BCUT2D eigenvalue weighted by atomic mass is 10.2. The second kappa shape index (κ2) is 4.24. The molecule has 0 aliphatic heterocycles. The molecule has 0 saturated heterocycles. The Morgan fingerprint density at radius 3 is 3.08 bits per heavy atom. The molecule has 13 heavy (non-hydrogen) atoms. The molecule has 4 heteroatoms. The summed E-state index contributed by atoms with van der Waals surface area (Å²) in [5.41, 5.74) is 5.50. The average molecular weight is 176 g/mol. The summed E-state index contributed by atoms with van der Waals surface area (Å²) in [5.74, 6) is 4.11. The van der Waals surface area contributed by atoms with Gasteiger partial charge in [-0.25, -0.2) is 9.78 Å². The maximum atomic E-state index is 10.6. The molecule has 1 heterocycles. The predicted molar refractivity (Wildman–Crippen MR) is 47.1 cm³/mol. The Kier molecular flexibility index (Phi) is 3.01. The van der Waals surface area contributed by atoms with Gasteiger partial charge in [0.05, 0.1) is 12.1 Å². The summed E-state index contributed by atoms with van der Waals surface area (Å²) < 4.78 is 0. The van der Waals surface area contributed by atoms with Crippen molar-refractivity contribution in [3.8, 4) is 11.8 Å². The van der Waals surface area contributed by atoms with Gasteiger partial charge >= 0.3 is 5.97 Å². The zero-order valence-electron chi connectivity index (χ0n) is 6.82. The van der Waals surface area contributed by atoms with Gasteiger partial charge in [0.15, 0.2) is 0 Å². The van der Waals surface area contributed by atoms with E-state index in [1.54, 1.807) is 6.07 Å². The number of nitrogens with zero attached hydrogens (tertiary/aromatic N) is 1. The van der Waals surface area contributed by atoms with Crippen LogP contribution in [0.2, 0.25) is 0 Å². The number of carboxylic acids is 1. The second-order valence-electron chi connectivity index (χ2n) is 2.21. The van der Waals surface area contributed by atoms with E-state index in [1.807, 2.05) is 0 Å². The maximum absolute atomic E-state index is 10.6. The van der Waals surface area contributed by atoms with Gasteiger partial charge in [0.2, 0.25) is 0 Å². The summed E-state index contributed by atoms with van der Waals surface area (Å²) in [6, 6.07) is 3.01. The second-order valence-corrected chi connectivity index (χ2v) is 2.21. The van der Waals surface area contributed by atoms with E-state index in [-0.39, 0.29) is 17.8 Å². The first-order valence-electron chi connectivity index (χ1n) is 3.63. The average Bonchev–Trinajstić information content (AvgIpc) is 2.15. The van der Waals surface area contributed by atoms with E-state index < -0.39 is 5.97 Å². The highest BCUT2D eigenvalue weighted by atomic mass is 16.4. The Morgan fingerprint density at radius 1 is 1.69 bits per heavy atom. The van der Waals surface area contributed by atoms with Crippen LogP contribution in [0, 0.1) is 11.8 Å². The van der Waals surface area contributed by atoms with Crippen LogP contribution in [0.5, 0.6) is 0 Å². The molecule has 0 amide bonds. The van der Waals surface area contributed by atoms with Crippen molar-refractivity contribution in [3.63, 3.8) is 0 Å². The van der Waals surface area contributed by atoms with Crippen molar-refractivity contribution in [1.29, 1.82) is 0 Å². The molecule has 0 fully saturated rings. The predicted octanol–water partition coefficient (Wildman–Crippen LogP) is 0.0900. The van der Waals surface area contributed by atoms with Crippen LogP contribution in [0.25, 0.3) is 0 Å². The van der Waals surface area contributed by atoms with Crippen molar-refractivity contribution in [3.05, 3.63) is 29.6 Å². The Bertz CT molecular complexity index is 377. The largest absolute Gasteiger partial charge is 0.478 e. The summed E-state index contributed by atoms with van der Waals surface area (Å²) in [6.07, 6.45) is 1.49. The summed E-state index contributed by atoms with van der Waals surface area (Å²) in [7, 11) is 0. The molecule has 0 aromatic carbocycles. The minimum absolute atomic E-state index is 0.100. The molecule has 0 radical (unpaired) electrons. The van der Waals surface area contributed by atoms with Gasteiger partial charge in [-0.3, -0.25) is 0 Å². The Labute approximate surface area is 75.4 Å². The minimum Gasteiger partial charge on any atom is -0.478 e. The third kappa shape index (κ3) is 2.29. The molecule has 3 N–H and O–H groups in total. The van der Waals surface area contributed by atoms with Crippen LogP contribution in [-0.4, -0.2) is 22.6 Å². The van der Waals surface area contributed by atoms with E-state index in [0.717, 1.165) is 0 Å². The van der Waals surface area contributed by atoms with Crippen molar-refractivity contribution < 1.29 is 9.90 Å². The molecule has 66 valence electrons. The van der Waals surface area contributed by atoms with Crippen LogP contribution in [0.1, 0.15) is 16.1 Å². The van der Waals surface area contributed by atoms with Gasteiger partial charge < -0.3 is 10.8 Å². The number of pyridine rings is 1. The molecular weight excluding hydrogens is 168 g/mol. The van der Waals surface area contributed by atoms with Gasteiger partial charge in [-0.05, 0) is 18.1 Å². The first-order valence-corrected chi connectivity index (χ1v) is 3.63. The number of aromatic nitrogens is 1. The van der Waals surface area contributed by atoms with Crippen molar-refractivity contribution in [1.82, 2.24) is 4.98 Å².